The van der Waals surface area contributed by atoms with Gasteiger partial charge < -0.3 is 15.3 Å². The van der Waals surface area contributed by atoms with Crippen molar-refractivity contribution in [1.82, 2.24) is 5.32 Å². The van der Waals surface area contributed by atoms with Crippen molar-refractivity contribution in [3.05, 3.63) is 0 Å². The van der Waals surface area contributed by atoms with Crippen LogP contribution in [-0.2, 0) is 4.79 Å². The van der Waals surface area contributed by atoms with Gasteiger partial charge in [0.15, 0.2) is 5.79 Å². The molecule has 3 atom stereocenters. The van der Waals surface area contributed by atoms with Gasteiger partial charge >= 0.3 is 5.97 Å². The highest BCUT2D eigenvalue weighted by atomic mass is 16.5. The molecule has 5 heteroatoms. The molecule has 74 valence electrons. The molecule has 1 aliphatic carbocycles. The highest BCUT2D eigenvalue weighted by Gasteiger charge is 2.51. The Morgan fingerprint density at radius 3 is 2.46 bits per heavy atom. The number of fused-ring (bicyclic) bond motifs is 3. The molecular formula is C8H13NO4. The molecule has 0 aromatic heterocycles. The summed E-state index contributed by atoms with van der Waals surface area (Å²) >= 11 is 0. The second-order valence-corrected chi connectivity index (χ2v) is 3.96. The summed E-state index contributed by atoms with van der Waals surface area (Å²) in [7, 11) is 0. The van der Waals surface area contributed by atoms with Gasteiger partial charge in [0.2, 0.25) is 0 Å². The summed E-state index contributed by atoms with van der Waals surface area (Å²) in [6, 6.07) is -1.09. The normalized spacial score (nSPS) is 41.8. The lowest BCUT2D eigenvalue weighted by Crippen LogP contribution is -2.67. The molecule has 2 heterocycles. The Labute approximate surface area is 75.4 Å². The first-order valence-corrected chi connectivity index (χ1v) is 4.44. The van der Waals surface area contributed by atoms with Crippen LogP contribution in [0.25, 0.3) is 0 Å². The first kappa shape index (κ1) is 8.93. The predicted octanol–water partition coefficient (Wildman–Crippen LogP) is -1.11. The number of nitrogens with one attached hydrogen (secondary N) is 1. The molecular weight excluding hydrogens is 174 g/mol. The van der Waals surface area contributed by atoms with E-state index in [1.807, 2.05) is 0 Å². The Hall–Kier alpha value is -0.650. The standard InChI is InChI=1S/C8H13NO4/c10-7(11)6-4-1-2-5(9-6)8(12,13)3-4/h4-6,9,12-13H,1-3H2,(H,10,11). The van der Waals surface area contributed by atoms with Gasteiger partial charge in [0.1, 0.15) is 6.04 Å². The van der Waals surface area contributed by atoms with E-state index in [9.17, 15) is 15.0 Å². The average molecular weight is 187 g/mol. The molecule has 4 N–H and O–H groups in total. The van der Waals surface area contributed by atoms with Gasteiger partial charge in [0, 0.05) is 6.42 Å². The van der Waals surface area contributed by atoms with E-state index in [4.69, 9.17) is 5.11 Å². The Bertz CT molecular complexity index is 240. The van der Waals surface area contributed by atoms with Crippen LogP contribution in [0.3, 0.4) is 0 Å². The molecule has 0 spiro atoms. The molecule has 2 bridgehead atoms. The molecule has 0 amide bonds. The number of rotatable bonds is 1. The fourth-order valence-electron chi connectivity index (χ4n) is 2.37. The third-order valence-corrected chi connectivity index (χ3v) is 3.07. The fourth-order valence-corrected chi connectivity index (χ4v) is 2.37. The lowest BCUT2D eigenvalue weighted by molar-refractivity contribution is -0.231. The topological polar surface area (TPSA) is 89.8 Å². The number of carbonyl (C=O) groups is 1. The second-order valence-electron chi connectivity index (χ2n) is 3.96. The van der Waals surface area contributed by atoms with Gasteiger partial charge in [-0.25, -0.2) is 0 Å². The SMILES string of the molecule is O=C(O)C1NC2CCC1CC2(O)O. The third-order valence-electron chi connectivity index (χ3n) is 3.07. The average Bonchev–Trinajstić information content (AvgIpc) is 2.02. The zero-order valence-electron chi connectivity index (χ0n) is 7.10. The molecule has 3 unspecified atom stereocenters. The van der Waals surface area contributed by atoms with Crippen molar-refractivity contribution in [3.8, 4) is 0 Å². The number of aliphatic hydroxyl groups is 2. The third kappa shape index (κ3) is 1.33. The van der Waals surface area contributed by atoms with Crippen molar-refractivity contribution >= 4 is 5.97 Å². The largest absolute Gasteiger partial charge is 0.480 e. The van der Waals surface area contributed by atoms with Gasteiger partial charge in [-0.2, -0.15) is 0 Å². The molecule has 3 aliphatic rings. The van der Waals surface area contributed by atoms with Crippen molar-refractivity contribution in [2.24, 2.45) is 5.92 Å². The van der Waals surface area contributed by atoms with Crippen molar-refractivity contribution < 1.29 is 20.1 Å². The van der Waals surface area contributed by atoms with Gasteiger partial charge in [0.05, 0.1) is 6.04 Å². The minimum Gasteiger partial charge on any atom is -0.480 e. The van der Waals surface area contributed by atoms with Crippen molar-refractivity contribution in [2.75, 3.05) is 0 Å². The lowest BCUT2D eigenvalue weighted by Gasteiger charge is -2.48. The van der Waals surface area contributed by atoms with Crippen molar-refractivity contribution in [1.29, 1.82) is 0 Å². The first-order valence-electron chi connectivity index (χ1n) is 4.44. The fraction of sp³-hybridized carbons (Fsp3) is 0.875. The molecule has 0 aromatic rings. The van der Waals surface area contributed by atoms with Crippen LogP contribution in [0, 0.1) is 5.92 Å². The molecule has 1 saturated carbocycles. The Balaban J connectivity index is 2.16. The summed E-state index contributed by atoms with van der Waals surface area (Å²) < 4.78 is 0. The quantitative estimate of drug-likeness (QED) is 0.391. The molecule has 3 rings (SSSR count). The van der Waals surface area contributed by atoms with E-state index in [2.05, 4.69) is 5.32 Å². The number of piperidine rings is 2. The monoisotopic (exact) mass is 187 g/mol. The summed E-state index contributed by atoms with van der Waals surface area (Å²) in [6.07, 6.45) is 1.57. The van der Waals surface area contributed by atoms with Gasteiger partial charge in [-0.3, -0.25) is 10.1 Å². The van der Waals surface area contributed by atoms with Crippen LogP contribution in [0.2, 0.25) is 0 Å². The highest BCUT2D eigenvalue weighted by Crippen LogP contribution is 2.38. The molecule has 0 aromatic carbocycles. The molecule has 3 fully saturated rings. The summed E-state index contributed by atoms with van der Waals surface area (Å²) in [5, 5.41) is 30.5. The van der Waals surface area contributed by atoms with Crippen LogP contribution in [-0.4, -0.2) is 39.2 Å². The molecule has 0 radical (unpaired) electrons. The van der Waals surface area contributed by atoms with Gasteiger partial charge in [-0.1, -0.05) is 0 Å². The highest BCUT2D eigenvalue weighted by molar-refractivity contribution is 5.74. The van der Waals surface area contributed by atoms with E-state index in [0.29, 0.717) is 6.42 Å². The second kappa shape index (κ2) is 2.67. The summed E-state index contributed by atoms with van der Waals surface area (Å²) in [6.45, 7) is 0. The predicted molar refractivity (Wildman–Crippen MR) is 42.9 cm³/mol. The maximum absolute atomic E-state index is 10.7. The number of aliphatic carboxylic acids is 1. The van der Waals surface area contributed by atoms with Gasteiger partial charge in [0.25, 0.3) is 0 Å². The zero-order valence-corrected chi connectivity index (χ0v) is 7.10. The Morgan fingerprint density at radius 2 is 2.08 bits per heavy atom. The van der Waals surface area contributed by atoms with Crippen LogP contribution in [0.1, 0.15) is 19.3 Å². The van der Waals surface area contributed by atoms with Gasteiger partial charge in [-0.15, -0.1) is 0 Å². The van der Waals surface area contributed by atoms with Gasteiger partial charge in [-0.05, 0) is 18.8 Å². The molecule has 2 saturated heterocycles. The molecule has 13 heavy (non-hydrogen) atoms. The van der Waals surface area contributed by atoms with Crippen molar-refractivity contribution in [3.63, 3.8) is 0 Å². The van der Waals surface area contributed by atoms with Crippen LogP contribution >= 0.6 is 0 Å². The summed E-state index contributed by atoms with van der Waals surface area (Å²) in [4.78, 5) is 10.7. The minimum atomic E-state index is -1.71. The number of carboxylic acid groups (broad SMARTS) is 1. The smallest absolute Gasteiger partial charge is 0.320 e. The first-order chi connectivity index (χ1) is 6.00. The Morgan fingerprint density at radius 1 is 1.38 bits per heavy atom. The summed E-state index contributed by atoms with van der Waals surface area (Å²) in [5.74, 6) is -2.77. The maximum atomic E-state index is 10.7. The van der Waals surface area contributed by atoms with E-state index < -0.39 is 23.8 Å². The summed E-state index contributed by atoms with van der Waals surface area (Å²) in [5.41, 5.74) is 0. The van der Waals surface area contributed by atoms with Crippen molar-refractivity contribution in [2.45, 2.75) is 37.1 Å². The van der Waals surface area contributed by atoms with E-state index in [-0.39, 0.29) is 12.3 Å². The number of hydrogen-bond acceptors (Lipinski definition) is 4. The van der Waals surface area contributed by atoms with Crippen LogP contribution < -0.4 is 5.32 Å². The van der Waals surface area contributed by atoms with E-state index in [1.165, 1.54) is 0 Å². The maximum Gasteiger partial charge on any atom is 0.320 e. The van der Waals surface area contributed by atoms with E-state index >= 15 is 0 Å². The number of carboxylic acids is 1. The minimum absolute atomic E-state index is 0.155. The van der Waals surface area contributed by atoms with E-state index in [1.54, 1.807) is 0 Å². The Kier molecular flexibility index (Phi) is 1.83. The molecule has 5 nitrogen and oxygen atoms in total. The van der Waals surface area contributed by atoms with Crippen LogP contribution in [0.5, 0.6) is 0 Å². The zero-order chi connectivity index (χ0) is 9.64. The lowest BCUT2D eigenvalue weighted by atomic mass is 9.73. The van der Waals surface area contributed by atoms with Crippen LogP contribution in [0.15, 0.2) is 0 Å². The van der Waals surface area contributed by atoms with E-state index in [0.717, 1.165) is 6.42 Å². The number of hydrogen-bond donors (Lipinski definition) is 4. The van der Waals surface area contributed by atoms with Crippen LogP contribution in [0.4, 0.5) is 0 Å². The molecule has 2 aliphatic heterocycles.